The summed E-state index contributed by atoms with van der Waals surface area (Å²) in [4.78, 5) is 0. The molecule has 0 aromatic heterocycles. The van der Waals surface area contributed by atoms with Gasteiger partial charge in [0, 0.05) is 0 Å². The Morgan fingerprint density at radius 1 is 1.00 bits per heavy atom. The second kappa shape index (κ2) is 7.85. The fourth-order valence-electron chi connectivity index (χ4n) is 0.609. The molecule has 0 unspecified atom stereocenters. The van der Waals surface area contributed by atoms with Gasteiger partial charge in [-0.05, 0) is 12.1 Å². The number of alkyl halides is 6. The molecule has 11 heteroatoms. The molecule has 0 atom stereocenters. The van der Waals surface area contributed by atoms with Crippen LogP contribution in [0.3, 0.4) is 0 Å². The maximum Gasteiger partial charge on any atom is 0.485 e. The van der Waals surface area contributed by atoms with Gasteiger partial charge in [0.1, 0.15) is 0 Å². The Hall–Kier alpha value is -1.00. The highest BCUT2D eigenvalue weighted by Gasteiger charge is 2.36. The van der Waals surface area contributed by atoms with E-state index >= 15 is 0 Å². The molecule has 1 aromatic carbocycles. The van der Waals surface area contributed by atoms with Gasteiger partial charge in [-0.1, -0.05) is 18.2 Å². The highest BCUT2D eigenvalue weighted by Crippen LogP contribution is 2.20. The molecule has 118 valence electrons. The Balaban J connectivity index is 0.000000433. The summed E-state index contributed by atoms with van der Waals surface area (Å²) in [6, 6.07) is 9.00. The molecule has 1 aromatic rings. The van der Waals surface area contributed by atoms with E-state index in [-0.39, 0.29) is 0 Å². The fraction of sp³-hybridized carbons (Fsp3) is 0.200. The van der Waals surface area contributed by atoms with Crippen molar-refractivity contribution in [1.82, 2.24) is 0 Å². The topological polar surface area (TPSA) is 57.2 Å². The van der Waals surface area contributed by atoms with Crippen LogP contribution in [0.25, 0.3) is 0 Å². The van der Waals surface area contributed by atoms with Crippen LogP contribution in [-0.4, -0.2) is 24.7 Å². The maximum atomic E-state index is 11.6. The van der Waals surface area contributed by atoms with Crippen molar-refractivity contribution in [2.24, 2.45) is 0 Å². The molecule has 0 bridgehead atoms. The Morgan fingerprint density at radius 2 is 1.43 bits per heavy atom. The first-order valence-electron chi connectivity index (χ1n) is 4.63. The third-order valence-electron chi connectivity index (χ3n) is 1.36. The van der Waals surface area contributed by atoms with Crippen molar-refractivity contribution in [3.05, 3.63) is 33.9 Å². The van der Waals surface area contributed by atoms with Gasteiger partial charge in [-0.2, -0.15) is 26.3 Å². The quantitative estimate of drug-likeness (QED) is 0.193. The molecule has 0 heterocycles. The van der Waals surface area contributed by atoms with E-state index < -0.39 is 43.0 Å². The van der Waals surface area contributed by atoms with Gasteiger partial charge in [-0.15, -0.1) is 0 Å². The molecule has 0 fully saturated rings. The van der Waals surface area contributed by atoms with Crippen molar-refractivity contribution in [1.29, 1.82) is 0 Å². The summed E-state index contributed by atoms with van der Waals surface area (Å²) in [6.45, 7) is 0. The van der Waals surface area contributed by atoms with Gasteiger partial charge in [0.2, 0.25) is 3.57 Å². The number of benzene rings is 1. The molecule has 0 aliphatic rings. The molecule has 0 aliphatic carbocycles. The van der Waals surface area contributed by atoms with E-state index in [1.807, 2.05) is 6.07 Å². The normalized spacial score (nSPS) is 11.8. The van der Waals surface area contributed by atoms with Gasteiger partial charge in [-0.3, -0.25) is 0 Å². The van der Waals surface area contributed by atoms with Crippen LogP contribution in [0.1, 0.15) is 0 Å². The first kappa shape index (κ1) is 20.0. The third kappa shape index (κ3) is 10.4. The van der Waals surface area contributed by atoms with Gasteiger partial charge in [0.15, 0.2) is 14.0 Å². The second-order valence-corrected chi connectivity index (χ2v) is 6.70. The van der Waals surface area contributed by atoms with Gasteiger partial charge >= 0.3 is 32.9 Å². The SMILES string of the molecule is FC(F)(F)C#C[I+]c1ccccc1.O=S(=O)([O-])C(F)(F)F. The Labute approximate surface area is 126 Å². The summed E-state index contributed by atoms with van der Waals surface area (Å²) in [5, 5.41) is 0. The van der Waals surface area contributed by atoms with Gasteiger partial charge < -0.3 is 4.55 Å². The molecule has 3 nitrogen and oxygen atoms in total. The zero-order valence-electron chi connectivity index (χ0n) is 9.67. The molecule has 0 spiro atoms. The third-order valence-corrected chi connectivity index (χ3v) is 3.81. The smallest absolute Gasteiger partial charge is 0.485 e. The lowest BCUT2D eigenvalue weighted by molar-refractivity contribution is -0.535. The first-order valence-corrected chi connectivity index (χ1v) is 8.19. The summed E-state index contributed by atoms with van der Waals surface area (Å²) >= 11 is -0.820. The molecule has 0 amide bonds. The van der Waals surface area contributed by atoms with Crippen molar-refractivity contribution >= 4 is 10.1 Å². The number of hydrogen-bond acceptors (Lipinski definition) is 3. The Kier molecular flexibility index (Phi) is 7.48. The molecule has 0 saturated heterocycles. The molecular weight excluding hydrogens is 441 g/mol. The van der Waals surface area contributed by atoms with E-state index in [2.05, 4.69) is 3.93 Å². The van der Waals surface area contributed by atoms with Crippen LogP contribution in [0.2, 0.25) is 0 Å². The molecule has 21 heavy (non-hydrogen) atoms. The number of rotatable bonds is 1. The van der Waals surface area contributed by atoms with Gasteiger partial charge in [0.25, 0.3) is 0 Å². The van der Waals surface area contributed by atoms with Crippen LogP contribution >= 0.6 is 0 Å². The summed E-state index contributed by atoms with van der Waals surface area (Å²) in [5.41, 5.74) is -5.65. The minimum Gasteiger partial charge on any atom is -0.741 e. The van der Waals surface area contributed by atoms with Crippen LogP contribution < -0.4 is 21.2 Å². The lowest BCUT2D eigenvalue weighted by Crippen LogP contribution is -3.59. The maximum absolute atomic E-state index is 11.6. The summed E-state index contributed by atoms with van der Waals surface area (Å²) < 4.78 is 96.8. The Morgan fingerprint density at radius 3 is 1.76 bits per heavy atom. The van der Waals surface area contributed by atoms with Crippen LogP contribution in [0.15, 0.2) is 30.3 Å². The average Bonchev–Trinajstić information content (AvgIpc) is 2.26. The van der Waals surface area contributed by atoms with Gasteiger partial charge in [0.05, 0.1) is 5.92 Å². The summed E-state index contributed by atoms with van der Waals surface area (Å²) in [6.07, 6.45) is -4.35. The van der Waals surface area contributed by atoms with E-state index in [4.69, 9.17) is 13.0 Å². The van der Waals surface area contributed by atoms with E-state index in [0.29, 0.717) is 0 Å². The predicted octanol–water partition coefficient (Wildman–Crippen LogP) is -0.480. The molecule has 0 aliphatic heterocycles. The van der Waals surface area contributed by atoms with Crippen LogP contribution in [-0.2, 0) is 10.1 Å². The van der Waals surface area contributed by atoms with Crippen molar-refractivity contribution in [2.75, 3.05) is 0 Å². The molecule has 0 N–H and O–H groups in total. The summed E-state index contributed by atoms with van der Waals surface area (Å²) in [5.74, 6) is 1.27. The predicted molar refractivity (Wildman–Crippen MR) is 54.7 cm³/mol. The van der Waals surface area contributed by atoms with Crippen LogP contribution in [0, 0.1) is 13.4 Å². The number of hydrogen-bond donors (Lipinski definition) is 0. The zero-order chi connectivity index (χ0) is 16.7. The highest BCUT2D eigenvalue weighted by atomic mass is 127. The van der Waals surface area contributed by atoms with E-state index in [0.717, 1.165) is 3.57 Å². The molecular formula is C10H5F6IO3S. The van der Waals surface area contributed by atoms with E-state index in [9.17, 15) is 26.3 Å². The van der Waals surface area contributed by atoms with Crippen molar-refractivity contribution in [3.8, 4) is 9.85 Å². The zero-order valence-corrected chi connectivity index (χ0v) is 12.6. The lowest BCUT2D eigenvalue weighted by Gasteiger charge is -2.08. The first-order chi connectivity index (χ1) is 9.33. The lowest BCUT2D eigenvalue weighted by atomic mass is 10.4. The monoisotopic (exact) mass is 446 g/mol. The molecule has 0 saturated carbocycles. The van der Waals surface area contributed by atoms with Crippen LogP contribution in [0.5, 0.6) is 0 Å². The van der Waals surface area contributed by atoms with Crippen molar-refractivity contribution < 1.29 is 60.5 Å². The van der Waals surface area contributed by atoms with Crippen molar-refractivity contribution in [2.45, 2.75) is 11.7 Å². The highest BCUT2D eigenvalue weighted by molar-refractivity contribution is 7.86. The van der Waals surface area contributed by atoms with Crippen molar-refractivity contribution in [3.63, 3.8) is 0 Å². The Bertz CT molecular complexity index is 598. The molecule has 1 rings (SSSR count). The second-order valence-electron chi connectivity index (χ2n) is 3.01. The standard InChI is InChI=1S/C9H5F3I.CHF3O3S/c10-9(11,12)6-7-13-8-4-2-1-3-5-8;2-1(3,4)8(5,6)7/h1-5H;(H,5,6,7)/q+1;/p-1. The van der Waals surface area contributed by atoms with E-state index in [1.54, 1.807) is 24.3 Å². The minimum absolute atomic E-state index is 0.820. The largest absolute Gasteiger partial charge is 0.741 e. The average molecular weight is 446 g/mol. The van der Waals surface area contributed by atoms with Crippen LogP contribution in [0.4, 0.5) is 26.3 Å². The van der Waals surface area contributed by atoms with E-state index in [1.165, 1.54) is 5.92 Å². The minimum atomic E-state index is -6.09. The summed E-state index contributed by atoms with van der Waals surface area (Å²) in [7, 11) is -6.09. The fourth-order valence-corrected chi connectivity index (χ4v) is 2.14. The molecule has 0 radical (unpaired) electrons. The van der Waals surface area contributed by atoms with Gasteiger partial charge in [-0.25, -0.2) is 8.42 Å². The number of halogens is 7.